The number of nitrogens with one attached hydrogen (secondary N) is 1. The lowest BCUT2D eigenvalue weighted by atomic mass is 9.88. The summed E-state index contributed by atoms with van der Waals surface area (Å²) >= 11 is 0. The second-order valence-corrected chi connectivity index (χ2v) is 12.8. The van der Waals surface area contributed by atoms with Crippen LogP contribution in [0.5, 0.6) is 0 Å². The summed E-state index contributed by atoms with van der Waals surface area (Å²) in [5.41, 5.74) is 1.73. The molecule has 1 aliphatic carbocycles. The molecule has 1 saturated carbocycles. The Balaban J connectivity index is 1.43. The average molecular weight is 645 g/mol. The first-order chi connectivity index (χ1) is 22.3. The van der Waals surface area contributed by atoms with E-state index in [9.17, 15) is 28.3 Å². The van der Waals surface area contributed by atoms with Gasteiger partial charge >= 0.3 is 6.18 Å². The molecule has 1 amide bonds. The minimum Gasteiger partial charge on any atom is -0.393 e. The highest BCUT2D eigenvalue weighted by molar-refractivity contribution is 6.10. The Kier molecular flexibility index (Phi) is 8.50. The molecule has 13 heteroatoms. The number of aliphatic hydroxyl groups excluding tert-OH is 1. The van der Waals surface area contributed by atoms with Gasteiger partial charge in [-0.3, -0.25) is 14.6 Å². The van der Waals surface area contributed by atoms with Gasteiger partial charge in [-0.25, -0.2) is 4.98 Å². The molecular weight excluding hydrogens is 609 g/mol. The third kappa shape index (κ3) is 6.43. The highest BCUT2D eigenvalue weighted by Gasteiger charge is 2.41. The van der Waals surface area contributed by atoms with Crippen LogP contribution in [0.2, 0.25) is 0 Å². The van der Waals surface area contributed by atoms with E-state index in [0.717, 1.165) is 6.07 Å². The Hall–Kier alpha value is -4.80. The fourth-order valence-electron chi connectivity index (χ4n) is 6.12. The standard InChI is InChI=1S/C34H35F3N8O2/c1-19(2)15-39-30-10-22(26-7-20(14-38)5-6-25(26)32-42-40-18-44(32)4)11-31(41-30)45-17-28-27(33(45)47)8-21(9-29(28)34(35,36)37)16-43(3)23-12-24(46)13-23/h5-11,18-19,23-24,46H,12-13,15-17H2,1-4H3,(H,39,41)/t23-,24-. The van der Waals surface area contributed by atoms with E-state index in [1.165, 1.54) is 4.90 Å². The second kappa shape index (κ2) is 12.4. The number of carbonyl (C=O) groups excluding carboxylic acids is 1. The number of nitrogens with zero attached hydrogens (tertiary/aromatic N) is 7. The third-order valence-corrected chi connectivity index (χ3v) is 8.74. The van der Waals surface area contributed by atoms with E-state index in [2.05, 4.69) is 21.6 Å². The summed E-state index contributed by atoms with van der Waals surface area (Å²) in [4.78, 5) is 21.8. The molecule has 2 N–H and O–H groups in total. The molecular formula is C34H35F3N8O2. The molecule has 0 atom stereocenters. The van der Waals surface area contributed by atoms with Crippen molar-refractivity contribution in [2.45, 2.75) is 58.1 Å². The van der Waals surface area contributed by atoms with E-state index in [1.54, 1.807) is 54.3 Å². The number of halogens is 3. The number of hydrogen-bond acceptors (Lipinski definition) is 8. The fraction of sp³-hybridized carbons (Fsp3) is 0.382. The molecule has 1 fully saturated rings. The van der Waals surface area contributed by atoms with Crippen molar-refractivity contribution in [1.82, 2.24) is 24.6 Å². The molecule has 0 spiro atoms. The molecule has 0 radical (unpaired) electrons. The molecule has 2 aromatic carbocycles. The number of nitriles is 1. The summed E-state index contributed by atoms with van der Waals surface area (Å²) in [5, 5.41) is 30.9. The Labute approximate surface area is 270 Å². The van der Waals surface area contributed by atoms with Crippen LogP contribution in [-0.4, -0.2) is 61.4 Å². The van der Waals surface area contributed by atoms with Gasteiger partial charge in [0.2, 0.25) is 0 Å². The van der Waals surface area contributed by atoms with Crippen molar-refractivity contribution in [3.63, 3.8) is 0 Å². The number of aliphatic hydroxyl groups is 1. The number of amides is 1. The van der Waals surface area contributed by atoms with E-state index >= 15 is 0 Å². The SMILES string of the molecule is CC(C)CNc1cc(-c2cc(C#N)ccc2-c2nncn2C)cc(N2Cc3c(cc(CN(C)[C@H]4C[C@H](O)C4)cc3C(F)(F)F)C2=O)n1. The zero-order valence-electron chi connectivity index (χ0n) is 26.5. The number of pyridine rings is 1. The van der Waals surface area contributed by atoms with E-state index in [-0.39, 0.29) is 42.0 Å². The van der Waals surface area contributed by atoms with Crippen molar-refractivity contribution in [1.29, 1.82) is 5.26 Å². The van der Waals surface area contributed by atoms with Crippen LogP contribution in [0.4, 0.5) is 24.8 Å². The number of anilines is 2. The number of carbonyl (C=O) groups is 1. The van der Waals surface area contributed by atoms with Gasteiger partial charge in [0.25, 0.3) is 5.91 Å². The maximum absolute atomic E-state index is 14.5. The maximum atomic E-state index is 14.5. The molecule has 47 heavy (non-hydrogen) atoms. The largest absolute Gasteiger partial charge is 0.416 e. The third-order valence-electron chi connectivity index (χ3n) is 8.74. The predicted octanol–water partition coefficient (Wildman–Crippen LogP) is 5.62. The normalized spacial score (nSPS) is 17.6. The van der Waals surface area contributed by atoms with Crippen LogP contribution in [-0.2, 0) is 26.3 Å². The summed E-state index contributed by atoms with van der Waals surface area (Å²) in [6, 6.07) is 13.5. The molecule has 4 aromatic rings. The first kappa shape index (κ1) is 32.2. The lowest BCUT2D eigenvalue weighted by molar-refractivity contribution is -0.138. The highest BCUT2D eigenvalue weighted by atomic mass is 19.4. The Morgan fingerprint density at radius 1 is 1.13 bits per heavy atom. The lowest BCUT2D eigenvalue weighted by Gasteiger charge is -2.38. The van der Waals surface area contributed by atoms with Crippen LogP contribution in [0, 0.1) is 17.2 Å². The molecule has 10 nitrogen and oxygen atoms in total. The maximum Gasteiger partial charge on any atom is 0.416 e. The number of alkyl halides is 3. The van der Waals surface area contributed by atoms with Crippen molar-refractivity contribution in [2.24, 2.45) is 13.0 Å². The van der Waals surface area contributed by atoms with E-state index in [0.29, 0.717) is 58.8 Å². The van der Waals surface area contributed by atoms with Gasteiger partial charge in [0, 0.05) is 37.3 Å². The van der Waals surface area contributed by atoms with E-state index in [1.807, 2.05) is 25.8 Å². The fourth-order valence-corrected chi connectivity index (χ4v) is 6.12. The minimum atomic E-state index is -4.68. The van der Waals surface area contributed by atoms with Crippen molar-refractivity contribution >= 4 is 17.5 Å². The van der Waals surface area contributed by atoms with Gasteiger partial charge in [-0.1, -0.05) is 13.8 Å². The molecule has 6 rings (SSSR count). The lowest BCUT2D eigenvalue weighted by Crippen LogP contribution is -2.44. The van der Waals surface area contributed by atoms with Crippen LogP contribution in [0.3, 0.4) is 0 Å². The van der Waals surface area contributed by atoms with Gasteiger partial charge in [-0.05, 0) is 90.5 Å². The highest BCUT2D eigenvalue weighted by Crippen LogP contribution is 2.41. The smallest absolute Gasteiger partial charge is 0.393 e. The van der Waals surface area contributed by atoms with Gasteiger partial charge in [-0.15, -0.1) is 10.2 Å². The number of aromatic nitrogens is 4. The van der Waals surface area contributed by atoms with Crippen molar-refractivity contribution in [3.8, 4) is 28.6 Å². The average Bonchev–Trinajstić information content (AvgIpc) is 3.59. The zero-order chi connectivity index (χ0) is 33.6. The number of rotatable bonds is 9. The molecule has 0 saturated heterocycles. The molecule has 0 bridgehead atoms. The van der Waals surface area contributed by atoms with Crippen LogP contribution in [0.1, 0.15) is 59.3 Å². The minimum absolute atomic E-state index is 0.00739. The quantitative estimate of drug-likeness (QED) is 0.241. The molecule has 2 aliphatic rings. The van der Waals surface area contributed by atoms with E-state index in [4.69, 9.17) is 4.98 Å². The summed E-state index contributed by atoms with van der Waals surface area (Å²) in [7, 11) is 3.60. The van der Waals surface area contributed by atoms with Gasteiger partial charge in [0.05, 0.1) is 29.8 Å². The summed E-state index contributed by atoms with van der Waals surface area (Å²) in [5.74, 6) is 0.839. The van der Waals surface area contributed by atoms with Crippen LogP contribution in [0.15, 0.2) is 48.8 Å². The molecule has 2 aromatic heterocycles. The number of fused-ring (bicyclic) bond motifs is 1. The molecule has 3 heterocycles. The number of hydrogen-bond donors (Lipinski definition) is 2. The van der Waals surface area contributed by atoms with E-state index < -0.39 is 23.8 Å². The van der Waals surface area contributed by atoms with Crippen molar-refractivity contribution in [3.05, 3.63) is 76.6 Å². The van der Waals surface area contributed by atoms with Crippen molar-refractivity contribution in [2.75, 3.05) is 23.8 Å². The predicted molar refractivity (Wildman–Crippen MR) is 170 cm³/mol. The second-order valence-electron chi connectivity index (χ2n) is 12.8. The van der Waals surface area contributed by atoms with Crippen LogP contribution < -0.4 is 10.2 Å². The van der Waals surface area contributed by atoms with Crippen LogP contribution >= 0.6 is 0 Å². The van der Waals surface area contributed by atoms with Gasteiger partial charge < -0.3 is 15.0 Å². The Morgan fingerprint density at radius 3 is 2.53 bits per heavy atom. The topological polar surface area (TPSA) is 123 Å². The van der Waals surface area contributed by atoms with Crippen LogP contribution in [0.25, 0.3) is 22.5 Å². The van der Waals surface area contributed by atoms with Gasteiger partial charge in [0.1, 0.15) is 18.0 Å². The summed E-state index contributed by atoms with van der Waals surface area (Å²) in [6.07, 6.45) is -2.39. The number of benzene rings is 2. The molecule has 0 unspecified atom stereocenters. The number of aryl methyl sites for hydroxylation is 1. The summed E-state index contributed by atoms with van der Waals surface area (Å²) in [6.45, 7) is 4.52. The zero-order valence-corrected chi connectivity index (χ0v) is 26.5. The summed E-state index contributed by atoms with van der Waals surface area (Å²) < 4.78 is 45.2. The van der Waals surface area contributed by atoms with Crippen molar-refractivity contribution < 1.29 is 23.1 Å². The molecule has 244 valence electrons. The Bertz CT molecular complexity index is 1870. The molecule has 1 aliphatic heterocycles. The first-order valence-electron chi connectivity index (χ1n) is 15.4. The van der Waals surface area contributed by atoms with Gasteiger partial charge in [-0.2, -0.15) is 18.4 Å². The Morgan fingerprint density at radius 2 is 1.89 bits per heavy atom. The monoisotopic (exact) mass is 644 g/mol. The first-order valence-corrected chi connectivity index (χ1v) is 15.4. The van der Waals surface area contributed by atoms with Gasteiger partial charge in [0.15, 0.2) is 5.82 Å².